The maximum absolute atomic E-state index is 8.67. The van der Waals surface area contributed by atoms with Crippen LogP contribution in [0.1, 0.15) is 38.5 Å². The minimum absolute atomic E-state index is 0.824. The summed E-state index contributed by atoms with van der Waals surface area (Å²) in [6.07, 6.45) is 7.51. The third kappa shape index (κ3) is 22.4. The van der Waals surface area contributed by atoms with E-state index in [1.807, 2.05) is 0 Å². The number of halogens is 1. The van der Waals surface area contributed by atoms with Gasteiger partial charge in [0.2, 0.25) is 0 Å². The zero-order valence-electron chi connectivity index (χ0n) is 7.26. The van der Waals surface area contributed by atoms with Crippen molar-refractivity contribution in [3.8, 4) is 0 Å². The van der Waals surface area contributed by atoms with E-state index in [1.165, 1.54) is 55.7 Å². The van der Waals surface area contributed by atoms with Crippen molar-refractivity contribution in [2.45, 2.75) is 38.5 Å². The Morgan fingerprint density at radius 1 is 1.17 bits per heavy atom. The molecule has 0 bridgehead atoms. The van der Waals surface area contributed by atoms with Crippen LogP contribution in [0.5, 0.6) is 0 Å². The van der Waals surface area contributed by atoms with E-state index in [4.69, 9.17) is 16.4 Å². The van der Waals surface area contributed by atoms with Crippen LogP contribution >= 0.6 is 11.6 Å². The second kappa shape index (κ2) is 17.6. The summed E-state index contributed by atoms with van der Waals surface area (Å²) < 4.78 is 1.47. The Bertz CT molecular complexity index is 94.7. The van der Waals surface area contributed by atoms with Gasteiger partial charge in [0.25, 0.3) is 0 Å². The molecule has 0 rings (SSSR count). The van der Waals surface area contributed by atoms with Crippen LogP contribution in [0.15, 0.2) is 0 Å². The second-order valence-electron chi connectivity index (χ2n) is 2.37. The van der Waals surface area contributed by atoms with Crippen LogP contribution in [0.4, 0.5) is 0 Å². The molecule has 12 heavy (non-hydrogen) atoms. The molecule has 0 aliphatic heterocycles. The van der Waals surface area contributed by atoms with Crippen molar-refractivity contribution < 1.29 is 24.1 Å². The van der Waals surface area contributed by atoms with Crippen molar-refractivity contribution in [2.75, 3.05) is 5.88 Å². The Morgan fingerprint density at radius 3 is 2.00 bits per heavy atom. The molecule has 0 amide bonds. The molecule has 0 aliphatic carbocycles. The van der Waals surface area contributed by atoms with Gasteiger partial charge in [-0.3, -0.25) is 0 Å². The van der Waals surface area contributed by atoms with Gasteiger partial charge in [-0.25, -0.2) is 0 Å². The Morgan fingerprint density at radius 2 is 1.58 bits per heavy atom. The third-order valence-electron chi connectivity index (χ3n) is 1.38. The minimum atomic E-state index is 0.824. The van der Waals surface area contributed by atoms with Gasteiger partial charge in [-0.15, -0.1) is 11.6 Å². The van der Waals surface area contributed by atoms with E-state index in [1.54, 1.807) is 0 Å². The van der Waals surface area contributed by atoms with Crippen LogP contribution < -0.4 is 0 Å². The zero-order chi connectivity index (χ0) is 9.66. The molecule has 1 nitrogen and oxygen atoms in total. The van der Waals surface area contributed by atoms with Crippen molar-refractivity contribution in [2.24, 2.45) is 0 Å². The molecule has 76 valence electrons. The fourth-order valence-electron chi connectivity index (χ4n) is 0.802. The summed E-state index contributed by atoms with van der Waals surface area (Å²) in [4.78, 5) is 8.67. The standard InChI is InChI=1S/C8H16Cl.CO.Pt/c1-2-3-4-5-6-7-8-9;1-2;/h1-8H2;;/q-1;;. The summed E-state index contributed by atoms with van der Waals surface area (Å²) in [5, 5.41) is 0. The van der Waals surface area contributed by atoms with Crippen LogP contribution in [0.25, 0.3) is 0 Å². The van der Waals surface area contributed by atoms with Gasteiger partial charge in [0.1, 0.15) is 0 Å². The molecule has 0 aromatic heterocycles. The van der Waals surface area contributed by atoms with E-state index in [9.17, 15) is 0 Å². The van der Waals surface area contributed by atoms with Gasteiger partial charge in [-0.2, -0.15) is 6.42 Å². The predicted octanol–water partition coefficient (Wildman–Crippen LogP) is 3.00. The minimum Gasteiger partial charge on any atom is -0.343 e. The van der Waals surface area contributed by atoms with Crippen LogP contribution in [-0.2, 0) is 24.1 Å². The molecule has 0 saturated heterocycles. The SMILES string of the molecule is O=[C]=[Pt].[CH2-]CCCCCCCCl. The van der Waals surface area contributed by atoms with E-state index in [0.717, 1.165) is 12.3 Å². The first-order valence-corrected chi connectivity index (χ1v) is 5.80. The van der Waals surface area contributed by atoms with Gasteiger partial charge in [0.15, 0.2) is 0 Å². The van der Waals surface area contributed by atoms with E-state index in [-0.39, 0.29) is 0 Å². The average molecular weight is 371 g/mol. The smallest absolute Gasteiger partial charge is 0.0223 e. The quantitative estimate of drug-likeness (QED) is 0.399. The molecule has 0 spiro atoms. The Kier molecular flexibility index (Phi) is 22.1. The third-order valence-corrected chi connectivity index (χ3v) is 1.65. The molecule has 0 atom stereocenters. The summed E-state index contributed by atoms with van der Waals surface area (Å²) in [7, 11) is 0. The molecule has 0 aromatic carbocycles. The Hall–Kier alpha value is 0.558. The number of unbranched alkanes of at least 4 members (excludes halogenated alkanes) is 5. The summed E-state index contributed by atoms with van der Waals surface area (Å²) in [6.45, 7) is 3.78. The van der Waals surface area contributed by atoms with Crippen molar-refractivity contribution in [3.63, 3.8) is 0 Å². The van der Waals surface area contributed by atoms with Gasteiger partial charge < -0.3 is 6.92 Å². The molecule has 0 radical (unpaired) electrons. The zero-order valence-corrected chi connectivity index (χ0v) is 10.3. The number of alkyl halides is 1. The van der Waals surface area contributed by atoms with Crippen LogP contribution in [0.2, 0.25) is 0 Å². The maximum atomic E-state index is 8.67. The Balaban J connectivity index is 0. The molecule has 0 unspecified atom stereocenters. The van der Waals surface area contributed by atoms with Gasteiger partial charge >= 0.3 is 28.4 Å². The topological polar surface area (TPSA) is 17.1 Å². The molecular formula is C9H16ClOPt-. The van der Waals surface area contributed by atoms with E-state index >= 15 is 0 Å². The van der Waals surface area contributed by atoms with Gasteiger partial charge in [0, 0.05) is 5.88 Å². The number of hydrogen-bond donors (Lipinski definition) is 0. The fourth-order valence-corrected chi connectivity index (χ4v) is 0.991. The van der Waals surface area contributed by atoms with Crippen molar-refractivity contribution in [1.29, 1.82) is 0 Å². The summed E-state index contributed by atoms with van der Waals surface area (Å²) in [6, 6.07) is 0. The summed E-state index contributed by atoms with van der Waals surface area (Å²) in [5.74, 6) is 0.824. The molecule has 0 aliphatic rings. The largest absolute Gasteiger partial charge is 0.343 e. The molecule has 0 N–H and O–H groups in total. The van der Waals surface area contributed by atoms with E-state index in [0.29, 0.717) is 0 Å². The molecular weight excluding hydrogens is 355 g/mol. The fraction of sp³-hybridized carbons (Fsp3) is 0.778. The monoisotopic (exact) mass is 370 g/mol. The second-order valence-corrected chi connectivity index (χ2v) is 3.22. The van der Waals surface area contributed by atoms with Crippen LogP contribution in [-0.4, -0.2) is 10.1 Å². The maximum Gasteiger partial charge on any atom is 0.0223 e. The molecule has 0 aromatic rings. The number of hydrogen-bond acceptors (Lipinski definition) is 1. The van der Waals surface area contributed by atoms with Crippen molar-refractivity contribution >= 4 is 15.9 Å². The van der Waals surface area contributed by atoms with Gasteiger partial charge in [-0.05, 0) is 6.42 Å². The van der Waals surface area contributed by atoms with Crippen molar-refractivity contribution in [3.05, 3.63) is 6.92 Å². The van der Waals surface area contributed by atoms with E-state index < -0.39 is 0 Å². The Labute approximate surface area is 91.3 Å². The number of carbonyl (C=O) groups excluding carboxylic acids is 1. The summed E-state index contributed by atoms with van der Waals surface area (Å²) >= 11 is 6.97. The van der Waals surface area contributed by atoms with Crippen LogP contribution in [0, 0.1) is 6.92 Å². The van der Waals surface area contributed by atoms with E-state index in [2.05, 4.69) is 6.92 Å². The first kappa shape index (κ1) is 15.0. The first-order chi connectivity index (χ1) is 5.83. The molecule has 0 fully saturated rings. The molecule has 0 heterocycles. The van der Waals surface area contributed by atoms with Gasteiger partial charge in [0.05, 0.1) is 0 Å². The first-order valence-electron chi connectivity index (χ1n) is 4.13. The molecule has 0 saturated carbocycles. The van der Waals surface area contributed by atoms with Crippen molar-refractivity contribution in [1.82, 2.24) is 0 Å². The molecule has 3 heteroatoms. The average Bonchev–Trinajstić information content (AvgIpc) is 2.06. The predicted molar refractivity (Wildman–Crippen MR) is 49.5 cm³/mol. The van der Waals surface area contributed by atoms with Crippen LogP contribution in [0.3, 0.4) is 0 Å². The number of rotatable bonds is 6. The van der Waals surface area contributed by atoms with Gasteiger partial charge in [-0.1, -0.05) is 25.7 Å². The normalized spacial score (nSPS) is 8.33. The summed E-state index contributed by atoms with van der Waals surface area (Å²) in [5.41, 5.74) is 0.